The number of hydrogen-bond acceptors (Lipinski definition) is 5. The Morgan fingerprint density at radius 3 is 1.44 bits per heavy atom. The van der Waals surface area contributed by atoms with Crippen molar-refractivity contribution in [3.05, 3.63) is 48.6 Å². The number of carbonyl (C=O) groups excluding carboxylic acids is 1. The van der Waals surface area contributed by atoms with Gasteiger partial charge in [-0.3, -0.25) is 4.90 Å². The van der Waals surface area contributed by atoms with E-state index in [2.05, 4.69) is 79.3 Å². The Hall–Kier alpha value is -1.89. The van der Waals surface area contributed by atoms with Crippen LogP contribution in [0.2, 0.25) is 0 Å². The predicted molar refractivity (Wildman–Crippen MR) is 226 cm³/mol. The molecule has 1 amide bonds. The number of nitrogens with zero attached hydrogens (tertiary/aromatic N) is 3. The fourth-order valence-corrected chi connectivity index (χ4v) is 6.50. The maximum Gasteiger partial charge on any atom is 0.409 e. The molecule has 0 aliphatic carbocycles. The van der Waals surface area contributed by atoms with Crippen molar-refractivity contribution in [2.24, 2.45) is 0 Å². The molecule has 0 spiro atoms. The van der Waals surface area contributed by atoms with Crippen molar-refractivity contribution in [2.75, 3.05) is 72.7 Å². The molecule has 0 N–H and O–H groups in total. The molecule has 1 aliphatic heterocycles. The molecular formula is C46H85N3O3. The fourth-order valence-electron chi connectivity index (χ4n) is 6.50. The van der Waals surface area contributed by atoms with Gasteiger partial charge < -0.3 is 19.3 Å². The van der Waals surface area contributed by atoms with E-state index in [1.54, 1.807) is 0 Å². The quantitative estimate of drug-likeness (QED) is 0.0475. The first-order valence-corrected chi connectivity index (χ1v) is 22.2. The maximum atomic E-state index is 13.2. The molecule has 1 fully saturated rings. The van der Waals surface area contributed by atoms with Crippen molar-refractivity contribution >= 4 is 6.09 Å². The summed E-state index contributed by atoms with van der Waals surface area (Å²) < 4.78 is 11.3. The van der Waals surface area contributed by atoms with Crippen LogP contribution in [0.5, 0.6) is 0 Å². The average Bonchev–Trinajstić information content (AvgIpc) is 3.16. The van der Waals surface area contributed by atoms with Crippen LogP contribution in [0.1, 0.15) is 168 Å². The van der Waals surface area contributed by atoms with E-state index in [1.807, 2.05) is 4.90 Å². The van der Waals surface area contributed by atoms with Crippen molar-refractivity contribution in [1.82, 2.24) is 14.7 Å². The van der Waals surface area contributed by atoms with E-state index in [-0.39, 0.29) is 6.09 Å². The molecule has 0 aromatic heterocycles. The second-order valence-corrected chi connectivity index (χ2v) is 15.0. The van der Waals surface area contributed by atoms with E-state index in [0.29, 0.717) is 6.61 Å². The Balaban J connectivity index is 2.24. The molecule has 52 heavy (non-hydrogen) atoms. The lowest BCUT2D eigenvalue weighted by Crippen LogP contribution is -2.41. The lowest BCUT2D eigenvalue weighted by Gasteiger charge is -2.28. The largest absolute Gasteiger partial charge is 0.448 e. The Bertz CT molecular complexity index is 832. The van der Waals surface area contributed by atoms with Crippen molar-refractivity contribution in [3.63, 3.8) is 0 Å². The normalized spacial score (nSPS) is 14.3. The molecule has 6 heteroatoms. The third-order valence-electron chi connectivity index (χ3n) is 10.1. The monoisotopic (exact) mass is 728 g/mol. The standard InChI is InChI=1S/C46H85N3O3/c1-4-6-8-10-12-14-16-18-20-22-24-26-28-30-32-34-36-49(46(50)52-45-40-47(3)38-39-48-41-43-51-44-42-48)37-35-33-31-29-27-25-23-21-19-17-15-13-11-9-7-5-2/h12-15,18-21H,4-11,16-17,22-45H2,1-3H3/b14-12-,15-13-,20-18-,21-19-. The van der Waals surface area contributed by atoms with Gasteiger partial charge in [-0.1, -0.05) is 140 Å². The van der Waals surface area contributed by atoms with Crippen LogP contribution in [0.15, 0.2) is 48.6 Å². The number of rotatable bonds is 36. The van der Waals surface area contributed by atoms with Gasteiger partial charge in [0.1, 0.15) is 6.61 Å². The summed E-state index contributed by atoms with van der Waals surface area (Å²) in [5, 5.41) is 0. The zero-order chi connectivity index (χ0) is 37.4. The first-order chi connectivity index (χ1) is 25.7. The summed E-state index contributed by atoms with van der Waals surface area (Å²) in [6.07, 6.45) is 48.2. The van der Waals surface area contributed by atoms with Crippen LogP contribution in [0.3, 0.4) is 0 Å². The van der Waals surface area contributed by atoms with Gasteiger partial charge in [0.05, 0.1) is 13.2 Å². The number of likely N-dealkylation sites (N-methyl/N-ethyl adjacent to an activating group) is 1. The lowest BCUT2D eigenvalue weighted by atomic mass is 10.1. The summed E-state index contributed by atoms with van der Waals surface area (Å²) in [6.45, 7) is 13.1. The van der Waals surface area contributed by atoms with E-state index < -0.39 is 0 Å². The number of hydrogen-bond donors (Lipinski definition) is 0. The molecule has 1 rings (SSSR count). The summed E-state index contributed by atoms with van der Waals surface area (Å²) in [5.41, 5.74) is 0. The van der Waals surface area contributed by atoms with Crippen LogP contribution < -0.4 is 0 Å². The molecule has 0 aromatic rings. The molecule has 1 aliphatic rings. The van der Waals surface area contributed by atoms with Crippen LogP contribution in [-0.2, 0) is 9.47 Å². The van der Waals surface area contributed by atoms with E-state index in [0.717, 1.165) is 84.7 Å². The average molecular weight is 728 g/mol. The molecule has 302 valence electrons. The van der Waals surface area contributed by atoms with Gasteiger partial charge in [-0.25, -0.2) is 4.79 Å². The minimum Gasteiger partial charge on any atom is -0.448 e. The number of carbonyl (C=O) groups is 1. The summed E-state index contributed by atoms with van der Waals surface area (Å²) in [6, 6.07) is 0. The first kappa shape index (κ1) is 48.1. The number of amides is 1. The van der Waals surface area contributed by atoms with Crippen molar-refractivity contribution in [1.29, 1.82) is 0 Å². The number of unbranched alkanes of at least 4 members (excludes halogenated alkanes) is 18. The van der Waals surface area contributed by atoms with Gasteiger partial charge in [0.2, 0.25) is 0 Å². The van der Waals surface area contributed by atoms with Gasteiger partial charge in [-0.05, 0) is 84.1 Å². The predicted octanol–water partition coefficient (Wildman–Crippen LogP) is 12.3. The molecule has 1 saturated heterocycles. The molecule has 0 saturated carbocycles. The topological polar surface area (TPSA) is 45.2 Å². The van der Waals surface area contributed by atoms with Gasteiger partial charge in [-0.2, -0.15) is 0 Å². The number of allylic oxidation sites excluding steroid dienone is 8. The van der Waals surface area contributed by atoms with Gasteiger partial charge >= 0.3 is 6.09 Å². The molecule has 0 atom stereocenters. The molecular weight excluding hydrogens is 643 g/mol. The minimum atomic E-state index is -0.119. The summed E-state index contributed by atoms with van der Waals surface area (Å²) in [5.74, 6) is 0. The maximum absolute atomic E-state index is 13.2. The highest BCUT2D eigenvalue weighted by molar-refractivity contribution is 5.67. The SMILES string of the molecule is CCCCC/C=C\C/C=C\CCCCCCCCN(CCCCCCCC/C=C\C/C=C\CCCCC)C(=O)OCCN(C)CCN1CCOCC1. The molecule has 0 unspecified atom stereocenters. The van der Waals surface area contributed by atoms with Crippen molar-refractivity contribution in [3.8, 4) is 0 Å². The smallest absolute Gasteiger partial charge is 0.409 e. The molecule has 0 aromatic carbocycles. The summed E-state index contributed by atoms with van der Waals surface area (Å²) in [4.78, 5) is 19.9. The van der Waals surface area contributed by atoms with Gasteiger partial charge in [0, 0.05) is 45.8 Å². The second kappa shape index (κ2) is 38.8. The van der Waals surface area contributed by atoms with Gasteiger partial charge in [-0.15, -0.1) is 0 Å². The van der Waals surface area contributed by atoms with Gasteiger partial charge in [0.25, 0.3) is 0 Å². The molecule has 0 bridgehead atoms. The van der Waals surface area contributed by atoms with E-state index >= 15 is 0 Å². The van der Waals surface area contributed by atoms with Crippen LogP contribution in [0.4, 0.5) is 4.79 Å². The zero-order valence-corrected chi connectivity index (χ0v) is 34.7. The van der Waals surface area contributed by atoms with Gasteiger partial charge in [0.15, 0.2) is 0 Å². The molecule has 0 radical (unpaired) electrons. The number of ether oxygens (including phenoxy) is 2. The fraction of sp³-hybridized carbons (Fsp3) is 0.804. The highest BCUT2D eigenvalue weighted by atomic mass is 16.6. The zero-order valence-electron chi connectivity index (χ0n) is 34.7. The minimum absolute atomic E-state index is 0.119. The lowest BCUT2D eigenvalue weighted by molar-refractivity contribution is 0.0331. The Kier molecular flexibility index (Phi) is 35.9. The number of morpholine rings is 1. The molecule has 1 heterocycles. The first-order valence-electron chi connectivity index (χ1n) is 22.2. The van der Waals surface area contributed by atoms with Crippen LogP contribution in [0.25, 0.3) is 0 Å². The molecule has 6 nitrogen and oxygen atoms in total. The van der Waals surface area contributed by atoms with Crippen molar-refractivity contribution in [2.45, 2.75) is 168 Å². The van der Waals surface area contributed by atoms with E-state index in [1.165, 1.54) is 128 Å². The Labute approximate surface area is 323 Å². The van der Waals surface area contributed by atoms with E-state index in [4.69, 9.17) is 9.47 Å². The second-order valence-electron chi connectivity index (χ2n) is 15.0. The van der Waals surface area contributed by atoms with Crippen molar-refractivity contribution < 1.29 is 14.3 Å². The third-order valence-corrected chi connectivity index (χ3v) is 10.1. The van der Waals surface area contributed by atoms with Crippen LogP contribution in [-0.4, -0.2) is 93.5 Å². The Morgan fingerprint density at radius 1 is 0.558 bits per heavy atom. The Morgan fingerprint density at radius 2 is 0.981 bits per heavy atom. The highest BCUT2D eigenvalue weighted by Gasteiger charge is 2.15. The highest BCUT2D eigenvalue weighted by Crippen LogP contribution is 2.12. The third kappa shape index (κ3) is 32.7. The summed E-state index contributed by atoms with van der Waals surface area (Å²) in [7, 11) is 2.13. The summed E-state index contributed by atoms with van der Waals surface area (Å²) >= 11 is 0. The van der Waals surface area contributed by atoms with Crippen LogP contribution in [0, 0.1) is 0 Å². The van der Waals surface area contributed by atoms with Crippen LogP contribution >= 0.6 is 0 Å². The van der Waals surface area contributed by atoms with E-state index in [9.17, 15) is 4.79 Å².